The van der Waals surface area contributed by atoms with Gasteiger partial charge in [-0.3, -0.25) is 0 Å². The molecule has 0 aromatic heterocycles. The van der Waals surface area contributed by atoms with Crippen LogP contribution in [0.1, 0.15) is 36.1 Å². The maximum atomic E-state index is 5.45. The number of thiocarbonyl (C=S) groups is 1. The van der Waals surface area contributed by atoms with Crippen molar-refractivity contribution in [1.82, 2.24) is 5.32 Å². The molecule has 0 spiro atoms. The summed E-state index contributed by atoms with van der Waals surface area (Å²) < 4.78 is 5.32. The molecular formula is C19H24N2OS. The van der Waals surface area contributed by atoms with Gasteiger partial charge in [-0.1, -0.05) is 36.8 Å². The summed E-state index contributed by atoms with van der Waals surface area (Å²) in [7, 11) is 1.69. The fourth-order valence-corrected chi connectivity index (χ4v) is 2.76. The van der Waals surface area contributed by atoms with Gasteiger partial charge < -0.3 is 15.4 Å². The van der Waals surface area contributed by atoms with E-state index in [-0.39, 0.29) is 6.04 Å². The highest BCUT2D eigenvalue weighted by molar-refractivity contribution is 7.80. The van der Waals surface area contributed by atoms with Crippen molar-refractivity contribution >= 4 is 23.0 Å². The minimum absolute atomic E-state index is 0.171. The summed E-state index contributed by atoms with van der Waals surface area (Å²) in [6.45, 7) is 6.27. The molecule has 0 unspecified atom stereocenters. The van der Waals surface area contributed by atoms with Crippen LogP contribution in [0.15, 0.2) is 42.5 Å². The molecule has 3 nitrogen and oxygen atoms in total. The van der Waals surface area contributed by atoms with Crippen molar-refractivity contribution in [3.63, 3.8) is 0 Å². The number of ether oxygens (including phenoxy) is 1. The molecule has 4 heteroatoms. The number of hydrogen-bond acceptors (Lipinski definition) is 2. The van der Waals surface area contributed by atoms with E-state index in [0.717, 1.165) is 23.4 Å². The highest BCUT2D eigenvalue weighted by atomic mass is 32.1. The second kappa shape index (κ2) is 7.97. The minimum Gasteiger partial charge on any atom is -0.496 e. The summed E-state index contributed by atoms with van der Waals surface area (Å²) in [6, 6.07) is 14.6. The molecule has 2 N–H and O–H groups in total. The monoisotopic (exact) mass is 328 g/mol. The van der Waals surface area contributed by atoms with E-state index >= 15 is 0 Å². The topological polar surface area (TPSA) is 33.3 Å². The zero-order valence-corrected chi connectivity index (χ0v) is 15.0. The van der Waals surface area contributed by atoms with E-state index in [1.807, 2.05) is 18.2 Å². The van der Waals surface area contributed by atoms with Gasteiger partial charge in [0.05, 0.1) is 13.2 Å². The van der Waals surface area contributed by atoms with Crippen LogP contribution in [0.4, 0.5) is 5.69 Å². The van der Waals surface area contributed by atoms with E-state index in [2.05, 4.69) is 55.7 Å². The largest absolute Gasteiger partial charge is 0.496 e. The molecule has 0 aliphatic carbocycles. The number of rotatable bonds is 5. The van der Waals surface area contributed by atoms with Crippen molar-refractivity contribution in [2.45, 2.75) is 33.2 Å². The maximum absolute atomic E-state index is 5.45. The van der Waals surface area contributed by atoms with Gasteiger partial charge in [-0.2, -0.15) is 0 Å². The van der Waals surface area contributed by atoms with Crippen molar-refractivity contribution in [3.05, 3.63) is 59.2 Å². The molecule has 0 heterocycles. The lowest BCUT2D eigenvalue weighted by molar-refractivity contribution is 0.411. The zero-order chi connectivity index (χ0) is 16.8. The molecule has 2 aromatic carbocycles. The minimum atomic E-state index is 0.171. The Labute approximate surface area is 144 Å². The zero-order valence-electron chi connectivity index (χ0n) is 14.1. The summed E-state index contributed by atoms with van der Waals surface area (Å²) in [6.07, 6.45) is 0.946. The lowest BCUT2D eigenvalue weighted by Gasteiger charge is -2.21. The Morgan fingerprint density at radius 2 is 1.83 bits per heavy atom. The van der Waals surface area contributed by atoms with Crippen molar-refractivity contribution in [1.29, 1.82) is 0 Å². The normalized spacial score (nSPS) is 11.7. The second-order valence-corrected chi connectivity index (χ2v) is 6.06. The fraction of sp³-hybridized carbons (Fsp3) is 0.316. The Morgan fingerprint density at radius 1 is 1.13 bits per heavy atom. The van der Waals surface area contributed by atoms with Gasteiger partial charge in [0.15, 0.2) is 5.11 Å². The maximum Gasteiger partial charge on any atom is 0.171 e. The first-order chi connectivity index (χ1) is 11.0. The molecule has 122 valence electrons. The molecule has 0 saturated heterocycles. The number of methoxy groups -OCH3 is 1. The van der Waals surface area contributed by atoms with Gasteiger partial charge >= 0.3 is 0 Å². The standard InChI is InChI=1S/C19H24N2OS/c1-5-17(15-8-11-18(22-4)14(3)12-15)21-19(23)20-16-9-6-13(2)7-10-16/h6-12,17H,5H2,1-4H3,(H2,20,21,23)/t17-/m0/s1. The lowest BCUT2D eigenvalue weighted by atomic mass is 10.0. The van der Waals surface area contributed by atoms with Crippen molar-refractivity contribution in [3.8, 4) is 5.75 Å². The number of nitrogens with one attached hydrogen (secondary N) is 2. The Bertz CT molecular complexity index is 668. The molecule has 0 aliphatic heterocycles. The molecule has 0 amide bonds. The summed E-state index contributed by atoms with van der Waals surface area (Å²) >= 11 is 5.45. The molecule has 0 saturated carbocycles. The van der Waals surface area contributed by atoms with Crippen LogP contribution >= 0.6 is 12.2 Å². The first-order valence-corrected chi connectivity index (χ1v) is 8.23. The molecule has 0 radical (unpaired) electrons. The van der Waals surface area contributed by atoms with Crippen molar-refractivity contribution < 1.29 is 4.74 Å². The summed E-state index contributed by atoms with van der Waals surface area (Å²) in [5.41, 5.74) is 4.56. The summed E-state index contributed by atoms with van der Waals surface area (Å²) in [4.78, 5) is 0. The molecule has 23 heavy (non-hydrogen) atoms. The SMILES string of the molecule is CC[C@H](NC(=S)Nc1ccc(C)cc1)c1ccc(OC)c(C)c1. The molecule has 2 aromatic rings. The third kappa shape index (κ3) is 4.70. The van der Waals surface area contributed by atoms with Gasteiger partial charge in [0.25, 0.3) is 0 Å². The fourth-order valence-electron chi connectivity index (χ4n) is 2.50. The first kappa shape index (κ1) is 17.3. The highest BCUT2D eigenvalue weighted by Gasteiger charge is 2.12. The van der Waals surface area contributed by atoms with Gasteiger partial charge in [0.2, 0.25) is 0 Å². The molecule has 1 atom stereocenters. The number of hydrogen-bond donors (Lipinski definition) is 2. The summed E-state index contributed by atoms with van der Waals surface area (Å²) in [5, 5.41) is 7.26. The smallest absolute Gasteiger partial charge is 0.171 e. The molecule has 0 bridgehead atoms. The van der Waals surface area contributed by atoms with Crippen molar-refractivity contribution in [2.75, 3.05) is 12.4 Å². The lowest BCUT2D eigenvalue weighted by Crippen LogP contribution is -2.32. The van der Waals surface area contributed by atoms with Gasteiger partial charge in [-0.15, -0.1) is 0 Å². The van der Waals surface area contributed by atoms with E-state index in [0.29, 0.717) is 5.11 Å². The van der Waals surface area contributed by atoms with Crippen LogP contribution in [-0.2, 0) is 0 Å². The van der Waals surface area contributed by atoms with Crippen LogP contribution in [-0.4, -0.2) is 12.2 Å². The Kier molecular flexibility index (Phi) is 5.99. The van der Waals surface area contributed by atoms with E-state index in [9.17, 15) is 0 Å². The second-order valence-electron chi connectivity index (χ2n) is 5.65. The summed E-state index contributed by atoms with van der Waals surface area (Å²) in [5.74, 6) is 0.906. The Morgan fingerprint density at radius 3 is 2.39 bits per heavy atom. The Balaban J connectivity index is 2.05. The first-order valence-electron chi connectivity index (χ1n) is 7.82. The van der Waals surface area contributed by atoms with Gasteiger partial charge in [-0.25, -0.2) is 0 Å². The van der Waals surface area contributed by atoms with Gasteiger partial charge in [0.1, 0.15) is 5.75 Å². The molecule has 2 rings (SSSR count). The van der Waals surface area contributed by atoms with E-state index in [1.165, 1.54) is 11.1 Å². The van der Waals surface area contributed by atoms with Crippen LogP contribution in [0.5, 0.6) is 5.75 Å². The van der Waals surface area contributed by atoms with Crippen LogP contribution in [0.3, 0.4) is 0 Å². The number of anilines is 1. The van der Waals surface area contributed by atoms with Gasteiger partial charge in [0, 0.05) is 5.69 Å². The van der Waals surface area contributed by atoms with E-state index in [1.54, 1.807) is 7.11 Å². The highest BCUT2D eigenvalue weighted by Crippen LogP contribution is 2.24. The van der Waals surface area contributed by atoms with Gasteiger partial charge in [-0.05, 0) is 61.8 Å². The Hall–Kier alpha value is -2.07. The third-order valence-corrected chi connectivity index (χ3v) is 4.06. The quantitative estimate of drug-likeness (QED) is 0.776. The average molecular weight is 328 g/mol. The number of aryl methyl sites for hydroxylation is 2. The molecule has 0 aliphatic rings. The average Bonchev–Trinajstić information content (AvgIpc) is 2.54. The van der Waals surface area contributed by atoms with Crippen LogP contribution < -0.4 is 15.4 Å². The van der Waals surface area contributed by atoms with Crippen molar-refractivity contribution in [2.24, 2.45) is 0 Å². The van der Waals surface area contributed by atoms with Crippen LogP contribution in [0, 0.1) is 13.8 Å². The number of benzene rings is 2. The van der Waals surface area contributed by atoms with Crippen LogP contribution in [0.25, 0.3) is 0 Å². The predicted octanol–water partition coefficient (Wildman–Crippen LogP) is 4.75. The molecule has 0 fully saturated rings. The van der Waals surface area contributed by atoms with Crippen LogP contribution in [0.2, 0.25) is 0 Å². The van der Waals surface area contributed by atoms with E-state index in [4.69, 9.17) is 17.0 Å². The van der Waals surface area contributed by atoms with E-state index < -0.39 is 0 Å². The third-order valence-electron chi connectivity index (χ3n) is 3.84. The molecular weight excluding hydrogens is 304 g/mol. The predicted molar refractivity (Wildman–Crippen MR) is 101 cm³/mol.